The van der Waals surface area contributed by atoms with Crippen molar-refractivity contribution < 1.29 is 0 Å². The van der Waals surface area contributed by atoms with Crippen LogP contribution in [0.3, 0.4) is 0 Å². The predicted molar refractivity (Wildman–Crippen MR) is 47.8 cm³/mol. The van der Waals surface area contributed by atoms with Gasteiger partial charge in [-0.3, -0.25) is 0 Å². The fourth-order valence-corrected chi connectivity index (χ4v) is 2.09. The highest BCUT2D eigenvalue weighted by molar-refractivity contribution is 6.35. The minimum absolute atomic E-state index is 0. The highest BCUT2D eigenvalue weighted by atomic mass is 35.5. The monoisotopic (exact) mass is 163 g/mol. The molecule has 0 nitrogen and oxygen atoms in total. The van der Waals surface area contributed by atoms with Crippen molar-refractivity contribution in [2.24, 2.45) is 0 Å². The van der Waals surface area contributed by atoms with Crippen LogP contribution in [0.15, 0.2) is 0 Å². The predicted octanol–water partition coefficient (Wildman–Crippen LogP) is 3.16. The van der Waals surface area contributed by atoms with Gasteiger partial charge in [0, 0.05) is 0 Å². The molecular formula is C7H17AlCl. The maximum absolute atomic E-state index is 2.28. The molecule has 0 aromatic heterocycles. The van der Waals surface area contributed by atoms with Gasteiger partial charge in [-0.1, -0.05) is 33.1 Å². The molecule has 0 rings (SSSR count). The van der Waals surface area contributed by atoms with Crippen molar-refractivity contribution in [1.29, 1.82) is 0 Å². The lowest BCUT2D eigenvalue weighted by molar-refractivity contribution is 0.874. The minimum atomic E-state index is 0. The maximum atomic E-state index is 2.28. The van der Waals surface area contributed by atoms with E-state index in [2.05, 4.69) is 13.8 Å². The molecule has 0 saturated carbocycles. The first kappa shape index (κ1) is 12.5. The summed E-state index contributed by atoms with van der Waals surface area (Å²) in [5.74, 6) is 0. The molecule has 0 amide bonds. The summed E-state index contributed by atoms with van der Waals surface area (Å²) in [4.78, 5) is 0. The van der Waals surface area contributed by atoms with Crippen LogP contribution in [0.5, 0.6) is 0 Å². The van der Waals surface area contributed by atoms with E-state index in [1.165, 1.54) is 29.8 Å². The van der Waals surface area contributed by atoms with Gasteiger partial charge >= 0.3 is 0 Å². The summed E-state index contributed by atoms with van der Waals surface area (Å²) < 4.78 is 0. The Morgan fingerprint density at radius 1 is 1.00 bits per heavy atom. The molecule has 2 heteroatoms. The molecule has 0 heterocycles. The number of halogens is 1. The molecule has 0 bridgehead atoms. The zero-order valence-corrected chi connectivity index (χ0v) is 8.49. The molecule has 0 aliphatic heterocycles. The van der Waals surface area contributed by atoms with E-state index in [1.807, 2.05) is 0 Å². The minimum Gasteiger partial charge on any atom is -0.147 e. The van der Waals surface area contributed by atoms with E-state index in [0.717, 1.165) is 15.2 Å². The Hall–Kier alpha value is 0.822. The lowest BCUT2D eigenvalue weighted by Crippen LogP contribution is -1.85. The van der Waals surface area contributed by atoms with Crippen molar-refractivity contribution in [3.05, 3.63) is 0 Å². The van der Waals surface area contributed by atoms with Gasteiger partial charge in [0.15, 0.2) is 15.2 Å². The van der Waals surface area contributed by atoms with Crippen molar-refractivity contribution in [3.63, 3.8) is 0 Å². The SMILES string of the molecule is CCC[CH2][Al][CH2]CC.Cl. The second-order valence-corrected chi connectivity index (χ2v) is 3.95. The Balaban J connectivity index is 0. The van der Waals surface area contributed by atoms with Gasteiger partial charge in [-0.2, -0.15) is 0 Å². The molecule has 0 N–H and O–H groups in total. The van der Waals surface area contributed by atoms with E-state index in [-0.39, 0.29) is 12.4 Å². The van der Waals surface area contributed by atoms with Crippen molar-refractivity contribution in [3.8, 4) is 0 Å². The summed E-state index contributed by atoms with van der Waals surface area (Å²) in [5.41, 5.74) is 0. The third kappa shape index (κ3) is 12.1. The summed E-state index contributed by atoms with van der Waals surface area (Å²) in [6, 6.07) is 0. The molecule has 0 spiro atoms. The second-order valence-electron chi connectivity index (χ2n) is 2.22. The lowest BCUT2D eigenvalue weighted by atomic mass is 10.4. The smallest absolute Gasteiger partial charge is 0.147 e. The summed E-state index contributed by atoms with van der Waals surface area (Å²) >= 11 is 0.820. The number of hydrogen-bond acceptors (Lipinski definition) is 0. The zero-order chi connectivity index (χ0) is 6.24. The molecule has 0 atom stereocenters. The topological polar surface area (TPSA) is 0 Å². The highest BCUT2D eigenvalue weighted by Gasteiger charge is 1.87. The molecule has 0 aliphatic carbocycles. The van der Waals surface area contributed by atoms with Crippen molar-refractivity contribution in [1.82, 2.24) is 0 Å². The van der Waals surface area contributed by atoms with Crippen LogP contribution >= 0.6 is 12.4 Å². The van der Waals surface area contributed by atoms with Crippen molar-refractivity contribution >= 4 is 27.6 Å². The molecule has 9 heavy (non-hydrogen) atoms. The van der Waals surface area contributed by atoms with Gasteiger partial charge in [-0.25, -0.2) is 0 Å². The summed E-state index contributed by atoms with van der Waals surface area (Å²) in [6.07, 6.45) is 4.26. The van der Waals surface area contributed by atoms with Gasteiger partial charge in [-0.05, 0) is 0 Å². The molecule has 0 unspecified atom stereocenters. The Morgan fingerprint density at radius 2 is 1.67 bits per heavy atom. The van der Waals surface area contributed by atoms with Crippen LogP contribution in [-0.2, 0) is 0 Å². The fraction of sp³-hybridized carbons (Fsp3) is 1.00. The third-order valence-corrected chi connectivity index (χ3v) is 3.06. The average molecular weight is 164 g/mol. The van der Waals surface area contributed by atoms with E-state index < -0.39 is 0 Å². The van der Waals surface area contributed by atoms with Gasteiger partial charge in [0.1, 0.15) is 0 Å². The zero-order valence-electron chi connectivity index (χ0n) is 6.52. The Bertz CT molecular complexity index is 33.9. The molecule has 55 valence electrons. The first-order chi connectivity index (χ1) is 3.91. The quantitative estimate of drug-likeness (QED) is 0.432. The molecule has 1 radical (unpaired) electrons. The highest BCUT2D eigenvalue weighted by Crippen LogP contribution is 1.97. The molecule has 0 aromatic carbocycles. The Morgan fingerprint density at radius 3 is 2.11 bits per heavy atom. The second kappa shape index (κ2) is 11.6. The molecule has 0 saturated heterocycles. The van der Waals surface area contributed by atoms with Crippen molar-refractivity contribution in [2.75, 3.05) is 0 Å². The Kier molecular flexibility index (Phi) is 16.1. The van der Waals surface area contributed by atoms with Crippen LogP contribution in [0.25, 0.3) is 0 Å². The van der Waals surface area contributed by atoms with Crippen LogP contribution in [0.2, 0.25) is 10.6 Å². The average Bonchev–Trinajstić information content (AvgIpc) is 1.81. The number of hydrogen-bond donors (Lipinski definition) is 0. The van der Waals surface area contributed by atoms with Crippen LogP contribution in [0.1, 0.15) is 33.1 Å². The molecule has 0 aromatic rings. The molecular weight excluding hydrogens is 147 g/mol. The van der Waals surface area contributed by atoms with E-state index >= 15 is 0 Å². The van der Waals surface area contributed by atoms with Gasteiger partial charge < -0.3 is 0 Å². The first-order valence-corrected chi connectivity index (χ1v) is 5.36. The van der Waals surface area contributed by atoms with Crippen LogP contribution in [-0.4, -0.2) is 15.2 Å². The number of unbranched alkanes of at least 4 members (excludes halogenated alkanes) is 1. The number of rotatable bonds is 5. The van der Waals surface area contributed by atoms with E-state index in [4.69, 9.17) is 0 Å². The van der Waals surface area contributed by atoms with E-state index in [1.54, 1.807) is 0 Å². The van der Waals surface area contributed by atoms with Crippen LogP contribution in [0, 0.1) is 0 Å². The van der Waals surface area contributed by atoms with Crippen LogP contribution in [0.4, 0.5) is 0 Å². The largest absolute Gasteiger partial charge is 0.199 e. The normalized spacial score (nSPS) is 8.22. The fourth-order valence-electron chi connectivity index (χ4n) is 0.697. The third-order valence-electron chi connectivity index (χ3n) is 1.25. The standard InChI is InChI=1S/C4H9.C3H7.Al.ClH/c1-3-4-2;1-3-2;;/h1,3-4H2,2H3;1,3H2,2H3;;1H. The van der Waals surface area contributed by atoms with Crippen molar-refractivity contribution in [2.45, 2.75) is 43.7 Å². The van der Waals surface area contributed by atoms with E-state index in [9.17, 15) is 0 Å². The van der Waals surface area contributed by atoms with E-state index in [0.29, 0.717) is 0 Å². The molecule has 0 fully saturated rings. The summed E-state index contributed by atoms with van der Waals surface area (Å²) in [7, 11) is 0. The first-order valence-electron chi connectivity index (χ1n) is 3.73. The Labute approximate surface area is 71.5 Å². The van der Waals surface area contributed by atoms with Gasteiger partial charge in [0.2, 0.25) is 0 Å². The van der Waals surface area contributed by atoms with Gasteiger partial charge in [0.25, 0.3) is 0 Å². The summed E-state index contributed by atoms with van der Waals surface area (Å²) in [5, 5.41) is 3.05. The maximum Gasteiger partial charge on any atom is 0.199 e. The van der Waals surface area contributed by atoms with Crippen LogP contribution < -0.4 is 0 Å². The molecule has 0 aliphatic rings. The lowest BCUT2D eigenvalue weighted by Gasteiger charge is -1.91. The van der Waals surface area contributed by atoms with Gasteiger partial charge in [-0.15, -0.1) is 23.0 Å². The summed E-state index contributed by atoms with van der Waals surface area (Å²) in [6.45, 7) is 4.55. The van der Waals surface area contributed by atoms with Gasteiger partial charge in [0.05, 0.1) is 0 Å².